The van der Waals surface area contributed by atoms with E-state index >= 15 is 0 Å². The summed E-state index contributed by atoms with van der Waals surface area (Å²) in [6.07, 6.45) is 0. The summed E-state index contributed by atoms with van der Waals surface area (Å²) >= 11 is 0. The van der Waals surface area contributed by atoms with E-state index in [1.54, 1.807) is 7.11 Å². The van der Waals surface area contributed by atoms with Gasteiger partial charge < -0.3 is 4.74 Å². The molecule has 1 aromatic rings. The van der Waals surface area contributed by atoms with Crippen molar-refractivity contribution >= 4 is 0 Å². The Bertz CT molecular complexity index is 150. The second-order valence-corrected chi connectivity index (χ2v) is 1.44. The number of methoxy groups -OCH3 is 1. The van der Waals surface area contributed by atoms with Gasteiger partial charge in [0.05, 0.1) is 7.11 Å². The average Bonchev–Trinajstić information content (AvgIpc) is 1.90. The van der Waals surface area contributed by atoms with E-state index in [9.17, 15) is 0 Å². The summed E-state index contributed by atoms with van der Waals surface area (Å²) in [5.41, 5.74) is 0. The summed E-state index contributed by atoms with van der Waals surface area (Å²) in [6, 6.07) is 10.2. The third-order valence-electron chi connectivity index (χ3n) is 0.923. The van der Waals surface area contributed by atoms with Crippen molar-refractivity contribution in [3.05, 3.63) is 30.3 Å². The predicted octanol–water partition coefficient (Wildman–Crippen LogP) is 1.49. The van der Waals surface area contributed by atoms with E-state index in [1.165, 1.54) is 0 Å². The molecule has 0 bridgehead atoms. The molecule has 0 aliphatic heterocycles. The van der Waals surface area contributed by atoms with Gasteiger partial charge in [0, 0.05) is 22.5 Å². The monoisotopic (exact) mass is 166 g/mol. The summed E-state index contributed by atoms with van der Waals surface area (Å²) in [5.74, 6) is 0.878. The molecule has 51 valence electrons. The Morgan fingerprint density at radius 1 is 1.33 bits per heavy atom. The quantitative estimate of drug-likeness (QED) is 0.574. The van der Waals surface area contributed by atoms with Gasteiger partial charge in [-0.2, -0.15) is 18.2 Å². The molecule has 0 saturated carbocycles. The van der Waals surface area contributed by atoms with Gasteiger partial charge in [-0.3, -0.25) is 0 Å². The van der Waals surface area contributed by atoms with Gasteiger partial charge in [0.25, 0.3) is 0 Å². The number of benzene rings is 1. The molecule has 1 radical (unpaired) electrons. The molecule has 0 aliphatic carbocycles. The van der Waals surface area contributed by atoms with Crippen molar-refractivity contribution < 1.29 is 21.5 Å². The maximum atomic E-state index is 4.89. The Hall–Kier alpha value is -0.474. The van der Waals surface area contributed by atoms with E-state index < -0.39 is 0 Å². The summed E-state index contributed by atoms with van der Waals surface area (Å²) in [4.78, 5) is 0. The van der Waals surface area contributed by atoms with Crippen LogP contribution < -0.4 is 4.74 Å². The van der Waals surface area contributed by atoms with E-state index in [0.717, 1.165) is 5.75 Å². The van der Waals surface area contributed by atoms with Crippen LogP contribution in [0.15, 0.2) is 24.3 Å². The first-order chi connectivity index (χ1) is 3.93. The standard InChI is InChI=1S/C7H7O.Co/c1-8-7-5-3-2-4-6-7;/h3-6H,1H3;/q-1;. The molecule has 0 N–H and O–H groups in total. The third kappa shape index (κ3) is 2.53. The van der Waals surface area contributed by atoms with Crippen molar-refractivity contribution in [1.82, 2.24) is 0 Å². The van der Waals surface area contributed by atoms with E-state index in [1.807, 2.05) is 24.3 Å². The average molecular weight is 166 g/mol. The van der Waals surface area contributed by atoms with Crippen LogP contribution in [0.2, 0.25) is 0 Å². The van der Waals surface area contributed by atoms with Crippen molar-refractivity contribution in [1.29, 1.82) is 0 Å². The molecule has 1 rings (SSSR count). The molecule has 0 unspecified atom stereocenters. The SMILES string of the molecule is COc1cc[c-]cc1.[Co]. The molecule has 9 heavy (non-hydrogen) atoms. The maximum absolute atomic E-state index is 4.89. The first-order valence-electron chi connectivity index (χ1n) is 2.43. The molecule has 0 heterocycles. The number of hydrogen-bond acceptors (Lipinski definition) is 1. The third-order valence-corrected chi connectivity index (χ3v) is 0.923. The summed E-state index contributed by atoms with van der Waals surface area (Å²) < 4.78 is 4.89. The minimum Gasteiger partial charge on any atom is -0.522 e. The fraction of sp³-hybridized carbons (Fsp3) is 0.143. The van der Waals surface area contributed by atoms with Gasteiger partial charge in [-0.05, 0) is 0 Å². The van der Waals surface area contributed by atoms with Crippen molar-refractivity contribution in [2.45, 2.75) is 0 Å². The summed E-state index contributed by atoms with van der Waals surface area (Å²) in [7, 11) is 1.65. The van der Waals surface area contributed by atoms with Crippen LogP contribution in [0.4, 0.5) is 0 Å². The van der Waals surface area contributed by atoms with Crippen LogP contribution in [-0.4, -0.2) is 7.11 Å². The Balaban J connectivity index is 0.000000640. The van der Waals surface area contributed by atoms with Gasteiger partial charge in [-0.1, -0.05) is 0 Å². The van der Waals surface area contributed by atoms with Gasteiger partial charge in [-0.15, -0.1) is 12.1 Å². The summed E-state index contributed by atoms with van der Waals surface area (Å²) in [5, 5.41) is 0. The molecule has 0 spiro atoms. The fourth-order valence-corrected chi connectivity index (χ4v) is 0.508. The number of rotatable bonds is 1. The molecular weight excluding hydrogens is 159 g/mol. The minimum atomic E-state index is 0. The Morgan fingerprint density at radius 3 is 2.22 bits per heavy atom. The van der Waals surface area contributed by atoms with Gasteiger partial charge in [0.15, 0.2) is 0 Å². The minimum absolute atomic E-state index is 0. The molecule has 1 aromatic carbocycles. The first kappa shape index (κ1) is 8.53. The van der Waals surface area contributed by atoms with Crippen LogP contribution in [0, 0.1) is 6.07 Å². The zero-order chi connectivity index (χ0) is 5.82. The van der Waals surface area contributed by atoms with E-state index in [-0.39, 0.29) is 16.8 Å². The van der Waals surface area contributed by atoms with Crippen molar-refractivity contribution in [2.24, 2.45) is 0 Å². The van der Waals surface area contributed by atoms with E-state index in [0.29, 0.717) is 0 Å². The van der Waals surface area contributed by atoms with Crippen LogP contribution in [0.5, 0.6) is 5.75 Å². The molecule has 2 heteroatoms. The molecular formula is C7H7CoO-. The van der Waals surface area contributed by atoms with Gasteiger partial charge in [0.1, 0.15) is 0 Å². The fourth-order valence-electron chi connectivity index (χ4n) is 0.508. The largest absolute Gasteiger partial charge is 0.522 e. The van der Waals surface area contributed by atoms with Crippen LogP contribution in [-0.2, 0) is 16.8 Å². The molecule has 0 fully saturated rings. The molecule has 0 atom stereocenters. The molecule has 0 aliphatic rings. The normalized spacial score (nSPS) is 7.67. The van der Waals surface area contributed by atoms with Crippen molar-refractivity contribution in [2.75, 3.05) is 7.11 Å². The molecule has 0 aromatic heterocycles. The van der Waals surface area contributed by atoms with Gasteiger partial charge >= 0.3 is 0 Å². The van der Waals surface area contributed by atoms with Crippen LogP contribution in [0.3, 0.4) is 0 Å². The smallest absolute Gasteiger partial charge is 0.0743 e. The Labute approximate surface area is 65.2 Å². The summed E-state index contributed by atoms with van der Waals surface area (Å²) in [6.45, 7) is 0. The predicted molar refractivity (Wildman–Crippen MR) is 31.8 cm³/mol. The van der Waals surface area contributed by atoms with Crippen molar-refractivity contribution in [3.63, 3.8) is 0 Å². The van der Waals surface area contributed by atoms with Gasteiger partial charge in [-0.25, -0.2) is 0 Å². The van der Waals surface area contributed by atoms with Gasteiger partial charge in [0.2, 0.25) is 0 Å². The van der Waals surface area contributed by atoms with E-state index in [4.69, 9.17) is 4.74 Å². The molecule has 1 nitrogen and oxygen atoms in total. The maximum Gasteiger partial charge on any atom is 0.0743 e. The molecule has 0 saturated heterocycles. The van der Waals surface area contributed by atoms with Crippen molar-refractivity contribution in [3.8, 4) is 5.75 Å². The van der Waals surface area contributed by atoms with Crippen LogP contribution in [0.25, 0.3) is 0 Å². The zero-order valence-electron chi connectivity index (χ0n) is 5.05. The van der Waals surface area contributed by atoms with Crippen LogP contribution in [0.1, 0.15) is 0 Å². The molecule has 0 amide bonds. The Morgan fingerprint density at radius 2 is 1.89 bits per heavy atom. The number of hydrogen-bond donors (Lipinski definition) is 0. The second kappa shape index (κ2) is 4.41. The number of ether oxygens (including phenoxy) is 1. The van der Waals surface area contributed by atoms with E-state index in [2.05, 4.69) is 6.07 Å². The second-order valence-electron chi connectivity index (χ2n) is 1.44. The zero-order valence-corrected chi connectivity index (χ0v) is 6.09. The van der Waals surface area contributed by atoms with Crippen LogP contribution >= 0.6 is 0 Å². The first-order valence-corrected chi connectivity index (χ1v) is 2.43. The Kier molecular flexibility index (Phi) is 4.18. The topological polar surface area (TPSA) is 9.23 Å².